The summed E-state index contributed by atoms with van der Waals surface area (Å²) in [5.41, 5.74) is 2.64. The van der Waals surface area contributed by atoms with Crippen LogP contribution in [0.4, 0.5) is 0 Å². The lowest BCUT2D eigenvalue weighted by molar-refractivity contribution is 0.132. The summed E-state index contributed by atoms with van der Waals surface area (Å²) in [6, 6.07) is 9.31. The van der Waals surface area contributed by atoms with E-state index in [9.17, 15) is 4.21 Å². The van der Waals surface area contributed by atoms with E-state index < -0.39 is 10.8 Å². The summed E-state index contributed by atoms with van der Waals surface area (Å²) in [5, 5.41) is 7.33. The van der Waals surface area contributed by atoms with Crippen LogP contribution in [0, 0.1) is 0 Å². The maximum Gasteiger partial charge on any atom is 0.191 e. The predicted octanol–water partition coefficient (Wildman–Crippen LogP) is 3.19. The molecule has 3 rings (SSSR count). The van der Waals surface area contributed by atoms with E-state index in [4.69, 9.17) is 0 Å². The quantitative estimate of drug-likeness (QED) is 0.284. The molecule has 6 nitrogen and oxygen atoms in total. The van der Waals surface area contributed by atoms with Crippen molar-refractivity contribution in [3.8, 4) is 0 Å². The zero-order valence-electron chi connectivity index (χ0n) is 20.0. The summed E-state index contributed by atoms with van der Waals surface area (Å²) in [6.45, 7) is 11.9. The van der Waals surface area contributed by atoms with Crippen LogP contribution in [0.1, 0.15) is 50.7 Å². The molecule has 8 heteroatoms. The molecular weight excluding hydrogens is 533 g/mol. The fourth-order valence-corrected chi connectivity index (χ4v) is 5.96. The highest BCUT2D eigenvalue weighted by atomic mass is 127. The van der Waals surface area contributed by atoms with Gasteiger partial charge >= 0.3 is 0 Å². The van der Waals surface area contributed by atoms with Gasteiger partial charge in [-0.3, -0.25) is 14.1 Å². The van der Waals surface area contributed by atoms with Crippen molar-refractivity contribution >= 4 is 40.7 Å². The molecule has 0 aromatic heterocycles. The molecule has 1 heterocycles. The molecule has 0 amide bonds. The van der Waals surface area contributed by atoms with Crippen LogP contribution < -0.4 is 10.6 Å². The molecule has 3 atom stereocenters. The molecule has 0 radical (unpaired) electrons. The maximum absolute atomic E-state index is 12.2. The molecule has 1 saturated carbocycles. The van der Waals surface area contributed by atoms with Crippen LogP contribution >= 0.6 is 24.0 Å². The fraction of sp³-hybridized carbons (Fsp3) is 0.708. The molecule has 1 aromatic carbocycles. The van der Waals surface area contributed by atoms with Gasteiger partial charge in [-0.2, -0.15) is 0 Å². The van der Waals surface area contributed by atoms with Crippen molar-refractivity contribution in [2.45, 2.75) is 63.9 Å². The molecule has 1 aromatic rings. The Hall–Kier alpha value is -0.710. The van der Waals surface area contributed by atoms with Gasteiger partial charge in [0, 0.05) is 74.2 Å². The normalized spacial score (nSPS) is 23.9. The number of nitrogens with zero attached hydrogens (tertiary/aromatic N) is 3. The number of aliphatic imine (C=N–C) groups is 1. The van der Waals surface area contributed by atoms with E-state index in [1.54, 1.807) is 0 Å². The van der Waals surface area contributed by atoms with E-state index in [1.807, 2.05) is 14.0 Å². The lowest BCUT2D eigenvalue weighted by atomic mass is 9.95. The monoisotopic (exact) mass is 575 g/mol. The molecule has 1 aliphatic heterocycles. The minimum atomic E-state index is -0.698. The van der Waals surface area contributed by atoms with Crippen molar-refractivity contribution in [3.05, 3.63) is 35.4 Å². The third-order valence-corrected chi connectivity index (χ3v) is 8.39. The minimum Gasteiger partial charge on any atom is -0.354 e. The van der Waals surface area contributed by atoms with E-state index in [2.05, 4.69) is 56.6 Å². The highest BCUT2D eigenvalue weighted by Crippen LogP contribution is 2.23. The molecular formula is C24H42IN5OS. The van der Waals surface area contributed by atoms with E-state index >= 15 is 0 Å². The molecule has 2 N–H and O–H groups in total. The number of benzene rings is 1. The lowest BCUT2D eigenvalue weighted by Crippen LogP contribution is -2.46. The van der Waals surface area contributed by atoms with Crippen LogP contribution in [0.15, 0.2) is 29.3 Å². The van der Waals surface area contributed by atoms with Gasteiger partial charge in [0.25, 0.3) is 0 Å². The van der Waals surface area contributed by atoms with Crippen LogP contribution in [0.2, 0.25) is 0 Å². The summed E-state index contributed by atoms with van der Waals surface area (Å²) in [6.07, 6.45) is 4.33. The molecule has 0 bridgehead atoms. The van der Waals surface area contributed by atoms with Gasteiger partial charge in [-0.25, -0.2) is 0 Å². The van der Waals surface area contributed by atoms with E-state index in [1.165, 1.54) is 24.2 Å². The molecule has 2 fully saturated rings. The first kappa shape index (κ1) is 27.5. The Kier molecular flexibility index (Phi) is 12.5. The number of nitrogens with one attached hydrogen (secondary N) is 2. The summed E-state index contributed by atoms with van der Waals surface area (Å²) < 4.78 is 12.2. The molecule has 0 spiro atoms. The van der Waals surface area contributed by atoms with Gasteiger partial charge in [0.05, 0.1) is 0 Å². The van der Waals surface area contributed by atoms with Crippen molar-refractivity contribution in [2.75, 3.05) is 45.5 Å². The van der Waals surface area contributed by atoms with Gasteiger partial charge in [-0.15, -0.1) is 24.0 Å². The number of halogens is 1. The van der Waals surface area contributed by atoms with Crippen LogP contribution in [0.3, 0.4) is 0 Å². The molecule has 1 saturated heterocycles. The zero-order valence-corrected chi connectivity index (χ0v) is 23.2. The average Bonchev–Trinajstić information content (AvgIpc) is 2.82. The first-order valence-electron chi connectivity index (χ1n) is 12.0. The van der Waals surface area contributed by atoms with Gasteiger partial charge in [-0.1, -0.05) is 44.5 Å². The van der Waals surface area contributed by atoms with E-state index in [-0.39, 0.29) is 24.0 Å². The number of hydrogen-bond donors (Lipinski definition) is 2. The SMILES string of the molecule is CCN1CCN(Cc2ccc(CNC(=NC)NC3CCCC(S(=O)CC)C3)cc2)CC1.I. The van der Waals surface area contributed by atoms with Crippen molar-refractivity contribution in [2.24, 2.45) is 4.99 Å². The Morgan fingerprint density at radius 3 is 2.34 bits per heavy atom. The van der Waals surface area contributed by atoms with Crippen LogP contribution in [0.5, 0.6) is 0 Å². The number of likely N-dealkylation sites (N-methyl/N-ethyl adjacent to an activating group) is 1. The van der Waals surface area contributed by atoms with Gasteiger partial charge in [0.15, 0.2) is 5.96 Å². The number of guanidine groups is 1. The Balaban J connectivity index is 0.00000363. The third-order valence-electron chi connectivity index (χ3n) is 6.65. The summed E-state index contributed by atoms with van der Waals surface area (Å²) in [5.74, 6) is 1.60. The van der Waals surface area contributed by atoms with Gasteiger partial charge in [0.2, 0.25) is 0 Å². The number of hydrogen-bond acceptors (Lipinski definition) is 4. The lowest BCUT2D eigenvalue weighted by Gasteiger charge is -2.34. The Morgan fingerprint density at radius 2 is 1.72 bits per heavy atom. The first-order valence-corrected chi connectivity index (χ1v) is 13.4. The Labute approximate surface area is 214 Å². The van der Waals surface area contributed by atoms with Gasteiger partial charge < -0.3 is 15.5 Å². The largest absolute Gasteiger partial charge is 0.354 e. The molecule has 1 aliphatic carbocycles. The first-order chi connectivity index (χ1) is 15.1. The molecule has 182 valence electrons. The second-order valence-corrected chi connectivity index (χ2v) is 10.8. The topological polar surface area (TPSA) is 60.0 Å². The fourth-order valence-electron chi connectivity index (χ4n) is 4.61. The average molecular weight is 576 g/mol. The Bertz CT molecular complexity index is 722. The van der Waals surface area contributed by atoms with Crippen LogP contribution in [0.25, 0.3) is 0 Å². The standard InChI is InChI=1S/C24H41N5OS.HI/c1-4-28-13-15-29(16-14-28)19-21-11-9-20(10-12-21)18-26-24(25-3)27-22-7-6-8-23(17-22)31(30)5-2;/h9-12,22-23H,4-8,13-19H2,1-3H3,(H2,25,26,27);1H. The summed E-state index contributed by atoms with van der Waals surface area (Å²) >= 11 is 0. The number of piperazine rings is 1. The van der Waals surface area contributed by atoms with Gasteiger partial charge in [-0.05, 0) is 36.9 Å². The van der Waals surface area contributed by atoms with Crippen molar-refractivity contribution in [1.29, 1.82) is 0 Å². The highest BCUT2D eigenvalue weighted by Gasteiger charge is 2.26. The van der Waals surface area contributed by atoms with Crippen molar-refractivity contribution in [3.63, 3.8) is 0 Å². The Morgan fingerprint density at radius 1 is 1.06 bits per heavy atom. The second-order valence-electron chi connectivity index (χ2n) is 8.75. The van der Waals surface area contributed by atoms with Crippen molar-refractivity contribution < 1.29 is 4.21 Å². The zero-order chi connectivity index (χ0) is 22.1. The van der Waals surface area contributed by atoms with Crippen LogP contribution in [-0.4, -0.2) is 76.8 Å². The smallest absolute Gasteiger partial charge is 0.191 e. The van der Waals surface area contributed by atoms with E-state index in [0.29, 0.717) is 11.3 Å². The van der Waals surface area contributed by atoms with Crippen LogP contribution in [-0.2, 0) is 23.9 Å². The second kappa shape index (κ2) is 14.5. The van der Waals surface area contributed by atoms with E-state index in [0.717, 1.165) is 70.1 Å². The maximum atomic E-state index is 12.2. The van der Waals surface area contributed by atoms with Gasteiger partial charge in [0.1, 0.15) is 0 Å². The predicted molar refractivity (Wildman–Crippen MR) is 147 cm³/mol. The summed E-state index contributed by atoms with van der Waals surface area (Å²) in [4.78, 5) is 9.47. The summed E-state index contributed by atoms with van der Waals surface area (Å²) in [7, 11) is 1.12. The molecule has 3 unspecified atom stereocenters. The molecule has 32 heavy (non-hydrogen) atoms. The third kappa shape index (κ3) is 8.57. The minimum absolute atomic E-state index is 0. The highest BCUT2D eigenvalue weighted by molar-refractivity contribution is 14.0. The molecule has 2 aliphatic rings. The number of rotatable bonds is 8. The van der Waals surface area contributed by atoms with Crippen molar-refractivity contribution in [1.82, 2.24) is 20.4 Å².